The maximum absolute atomic E-state index is 12.2. The zero-order chi connectivity index (χ0) is 14.9. The van der Waals surface area contributed by atoms with E-state index in [-0.39, 0.29) is 18.0 Å². The highest BCUT2D eigenvalue weighted by Gasteiger charge is 2.36. The van der Waals surface area contributed by atoms with Gasteiger partial charge in [0.05, 0.1) is 5.92 Å². The van der Waals surface area contributed by atoms with Crippen LogP contribution in [0, 0.1) is 11.8 Å². The molecule has 1 saturated heterocycles. The van der Waals surface area contributed by atoms with Gasteiger partial charge in [-0.1, -0.05) is 6.92 Å². The summed E-state index contributed by atoms with van der Waals surface area (Å²) in [6, 6.07) is 0.366. The molecule has 6 heteroatoms. The van der Waals surface area contributed by atoms with E-state index in [0.717, 1.165) is 19.5 Å². The summed E-state index contributed by atoms with van der Waals surface area (Å²) in [5, 5.41) is 12.0. The second-order valence-electron chi connectivity index (χ2n) is 6.41. The van der Waals surface area contributed by atoms with Gasteiger partial charge < -0.3 is 20.2 Å². The van der Waals surface area contributed by atoms with E-state index in [2.05, 4.69) is 17.1 Å². The van der Waals surface area contributed by atoms with Gasteiger partial charge in [0.1, 0.15) is 0 Å². The molecule has 2 amide bonds. The SMILES string of the molecule is CC1CN(C(=O)N[C@H]2CC[C@@H](C(=O)O)C2)CC1N(C)C. The van der Waals surface area contributed by atoms with Gasteiger partial charge in [0.2, 0.25) is 0 Å². The van der Waals surface area contributed by atoms with Gasteiger partial charge >= 0.3 is 12.0 Å². The topological polar surface area (TPSA) is 72.9 Å². The van der Waals surface area contributed by atoms with E-state index in [1.54, 1.807) is 0 Å². The number of nitrogens with one attached hydrogen (secondary N) is 1. The fourth-order valence-corrected chi connectivity index (χ4v) is 3.39. The quantitative estimate of drug-likeness (QED) is 0.805. The molecular formula is C14H25N3O3. The molecule has 0 radical (unpaired) electrons. The molecule has 2 aliphatic rings. The molecule has 2 unspecified atom stereocenters. The maximum atomic E-state index is 12.2. The first-order chi connectivity index (χ1) is 9.38. The van der Waals surface area contributed by atoms with Gasteiger partial charge in [-0.15, -0.1) is 0 Å². The molecule has 0 aromatic carbocycles. The summed E-state index contributed by atoms with van der Waals surface area (Å²) < 4.78 is 0. The van der Waals surface area contributed by atoms with Crippen molar-refractivity contribution < 1.29 is 14.7 Å². The van der Waals surface area contributed by atoms with Crippen LogP contribution in [-0.2, 0) is 4.79 Å². The van der Waals surface area contributed by atoms with E-state index in [1.165, 1.54) is 0 Å². The Balaban J connectivity index is 1.83. The van der Waals surface area contributed by atoms with E-state index < -0.39 is 5.97 Å². The predicted molar refractivity (Wildman–Crippen MR) is 75.5 cm³/mol. The molecule has 1 saturated carbocycles. The Morgan fingerprint density at radius 2 is 1.95 bits per heavy atom. The molecule has 2 N–H and O–H groups in total. The molecule has 4 atom stereocenters. The number of carboxylic acid groups (broad SMARTS) is 1. The molecule has 6 nitrogen and oxygen atoms in total. The summed E-state index contributed by atoms with van der Waals surface area (Å²) in [5.74, 6) is -0.581. The number of likely N-dealkylation sites (tertiary alicyclic amines) is 1. The normalized spacial score (nSPS) is 33.7. The standard InChI is InChI=1S/C14H25N3O3/c1-9-7-17(8-12(9)16(2)3)14(20)15-11-5-4-10(6-11)13(18)19/h9-12H,4-8H2,1-3H3,(H,15,20)(H,18,19)/t9?,10-,11+,12?/m1/s1. The number of aliphatic carboxylic acids is 1. The van der Waals surface area contributed by atoms with E-state index >= 15 is 0 Å². The number of urea groups is 1. The Bertz CT molecular complexity index is 386. The van der Waals surface area contributed by atoms with Gasteiger partial charge in [0.15, 0.2) is 0 Å². The number of likely N-dealkylation sites (N-methyl/N-ethyl adjacent to an activating group) is 1. The van der Waals surface area contributed by atoms with E-state index in [0.29, 0.717) is 24.8 Å². The smallest absolute Gasteiger partial charge is 0.317 e. The third-order valence-corrected chi connectivity index (χ3v) is 4.63. The van der Waals surface area contributed by atoms with Gasteiger partial charge in [-0.05, 0) is 39.3 Å². The van der Waals surface area contributed by atoms with Crippen molar-refractivity contribution in [2.75, 3.05) is 27.2 Å². The lowest BCUT2D eigenvalue weighted by Gasteiger charge is -2.23. The zero-order valence-electron chi connectivity index (χ0n) is 12.5. The minimum atomic E-state index is -0.746. The van der Waals surface area contributed by atoms with Gasteiger partial charge in [-0.3, -0.25) is 4.79 Å². The minimum absolute atomic E-state index is 0.0114. The van der Waals surface area contributed by atoms with Crippen molar-refractivity contribution in [2.45, 2.75) is 38.3 Å². The molecule has 114 valence electrons. The highest BCUT2D eigenvalue weighted by molar-refractivity contribution is 5.75. The zero-order valence-corrected chi connectivity index (χ0v) is 12.5. The second-order valence-corrected chi connectivity index (χ2v) is 6.41. The largest absolute Gasteiger partial charge is 0.481 e. The number of amides is 2. The number of nitrogens with zero attached hydrogens (tertiary/aromatic N) is 2. The monoisotopic (exact) mass is 283 g/mol. The van der Waals surface area contributed by atoms with Gasteiger partial charge in [0.25, 0.3) is 0 Å². The van der Waals surface area contributed by atoms with Crippen molar-refractivity contribution in [2.24, 2.45) is 11.8 Å². The van der Waals surface area contributed by atoms with Crippen molar-refractivity contribution >= 4 is 12.0 Å². The summed E-state index contributed by atoms with van der Waals surface area (Å²) in [4.78, 5) is 27.2. The fraction of sp³-hybridized carbons (Fsp3) is 0.857. The van der Waals surface area contributed by atoms with Crippen LogP contribution in [0.3, 0.4) is 0 Å². The fourth-order valence-electron chi connectivity index (χ4n) is 3.39. The molecular weight excluding hydrogens is 258 g/mol. The molecule has 1 aliphatic carbocycles. The third kappa shape index (κ3) is 3.23. The van der Waals surface area contributed by atoms with Crippen LogP contribution in [-0.4, -0.2) is 66.2 Å². The van der Waals surface area contributed by atoms with Crippen LogP contribution < -0.4 is 5.32 Å². The van der Waals surface area contributed by atoms with Crippen molar-refractivity contribution in [3.05, 3.63) is 0 Å². The molecule has 2 fully saturated rings. The summed E-state index contributed by atoms with van der Waals surface area (Å²) in [6.45, 7) is 3.67. The number of hydrogen-bond donors (Lipinski definition) is 2. The van der Waals surface area contributed by atoms with E-state index in [1.807, 2.05) is 19.0 Å². The molecule has 2 rings (SSSR count). The molecule has 0 spiro atoms. The molecule has 1 heterocycles. The van der Waals surface area contributed by atoms with E-state index in [9.17, 15) is 9.59 Å². The summed E-state index contributed by atoms with van der Waals surface area (Å²) in [6.07, 6.45) is 1.99. The van der Waals surface area contributed by atoms with Crippen LogP contribution in [0.15, 0.2) is 0 Å². The van der Waals surface area contributed by atoms with Crippen LogP contribution in [0.1, 0.15) is 26.2 Å². The number of carboxylic acids is 1. The molecule has 0 bridgehead atoms. The molecule has 0 aromatic heterocycles. The Morgan fingerprint density at radius 3 is 2.45 bits per heavy atom. The third-order valence-electron chi connectivity index (χ3n) is 4.63. The Labute approximate surface area is 120 Å². The first-order valence-electron chi connectivity index (χ1n) is 7.33. The van der Waals surface area contributed by atoms with Crippen LogP contribution in [0.2, 0.25) is 0 Å². The van der Waals surface area contributed by atoms with E-state index in [4.69, 9.17) is 5.11 Å². The highest BCUT2D eigenvalue weighted by atomic mass is 16.4. The van der Waals surface area contributed by atoms with Crippen molar-refractivity contribution in [1.29, 1.82) is 0 Å². The van der Waals surface area contributed by atoms with Gasteiger partial charge in [-0.2, -0.15) is 0 Å². The predicted octanol–water partition coefficient (Wildman–Crippen LogP) is 0.831. The van der Waals surface area contributed by atoms with Crippen LogP contribution in [0.4, 0.5) is 4.79 Å². The lowest BCUT2D eigenvalue weighted by atomic mass is 10.1. The first-order valence-corrected chi connectivity index (χ1v) is 7.33. The second kappa shape index (κ2) is 5.99. The molecule has 20 heavy (non-hydrogen) atoms. The number of hydrogen-bond acceptors (Lipinski definition) is 3. The Kier molecular flexibility index (Phi) is 4.52. The first kappa shape index (κ1) is 15.1. The van der Waals surface area contributed by atoms with Crippen LogP contribution >= 0.6 is 0 Å². The van der Waals surface area contributed by atoms with Crippen molar-refractivity contribution in [3.63, 3.8) is 0 Å². The lowest BCUT2D eigenvalue weighted by Crippen LogP contribution is -2.44. The number of carbonyl (C=O) groups is 2. The average Bonchev–Trinajstić information content (AvgIpc) is 2.95. The summed E-state index contributed by atoms with van der Waals surface area (Å²) in [5.41, 5.74) is 0. The van der Waals surface area contributed by atoms with Crippen LogP contribution in [0.25, 0.3) is 0 Å². The summed E-state index contributed by atoms with van der Waals surface area (Å²) in [7, 11) is 4.08. The van der Waals surface area contributed by atoms with Crippen LogP contribution in [0.5, 0.6) is 0 Å². The number of carbonyl (C=O) groups excluding carboxylic acids is 1. The summed E-state index contributed by atoms with van der Waals surface area (Å²) >= 11 is 0. The highest BCUT2D eigenvalue weighted by Crippen LogP contribution is 2.26. The Morgan fingerprint density at radius 1 is 1.25 bits per heavy atom. The maximum Gasteiger partial charge on any atom is 0.317 e. The number of rotatable bonds is 3. The Hall–Kier alpha value is -1.30. The van der Waals surface area contributed by atoms with Crippen molar-refractivity contribution in [3.8, 4) is 0 Å². The van der Waals surface area contributed by atoms with Gasteiger partial charge in [-0.25, -0.2) is 4.79 Å². The average molecular weight is 283 g/mol. The minimum Gasteiger partial charge on any atom is -0.481 e. The van der Waals surface area contributed by atoms with Gasteiger partial charge in [0, 0.05) is 25.2 Å². The molecule has 1 aliphatic heterocycles. The van der Waals surface area contributed by atoms with Crippen molar-refractivity contribution in [1.82, 2.24) is 15.1 Å². The lowest BCUT2D eigenvalue weighted by molar-refractivity contribution is -0.141. The molecule has 0 aromatic rings.